The molecule has 20 nitrogen and oxygen atoms in total. The van der Waals surface area contributed by atoms with Crippen molar-refractivity contribution in [3.63, 3.8) is 0 Å². The summed E-state index contributed by atoms with van der Waals surface area (Å²) in [6.45, 7) is 1.38. The Balaban J connectivity index is 2.81. The summed E-state index contributed by atoms with van der Waals surface area (Å²) in [7, 11) is -16.6. The molecule has 0 amide bonds. The van der Waals surface area contributed by atoms with Crippen LogP contribution in [0.5, 0.6) is 0 Å². The van der Waals surface area contributed by atoms with Crippen LogP contribution >= 0.6 is 23.5 Å². The minimum absolute atomic E-state index is 0.00673. The number of aliphatic hydroxyl groups excluding tert-OH is 3. The van der Waals surface area contributed by atoms with E-state index in [1.165, 1.54) is 44.9 Å². The molecule has 0 aromatic rings. The molecule has 8 atom stereocenters. The zero-order valence-electron chi connectivity index (χ0n) is 35.1. The third kappa shape index (κ3) is 28.0. The number of unbranched alkanes of at least 4 members (excludes halogenated alkanes) is 20. The fourth-order valence-corrected chi connectivity index (χ4v) is 8.88. The van der Waals surface area contributed by atoms with E-state index in [4.69, 9.17) is 24.3 Å². The number of carbonyl (C=O) groups is 2. The first-order chi connectivity index (χ1) is 28.3. The highest BCUT2D eigenvalue weighted by Crippen LogP contribution is 2.51. The average molecular weight is 930 g/mol. The van der Waals surface area contributed by atoms with Crippen LogP contribution in [0.3, 0.4) is 0 Å². The van der Waals surface area contributed by atoms with Gasteiger partial charge in [0.2, 0.25) is 0 Å². The maximum absolute atomic E-state index is 13.1. The van der Waals surface area contributed by atoms with Crippen molar-refractivity contribution in [1.29, 1.82) is 0 Å². The predicted molar refractivity (Wildman–Crippen MR) is 219 cm³/mol. The van der Waals surface area contributed by atoms with Crippen LogP contribution in [0.1, 0.15) is 161 Å². The zero-order chi connectivity index (χ0) is 45.0. The van der Waals surface area contributed by atoms with Crippen molar-refractivity contribution in [3.05, 3.63) is 0 Å². The number of ether oxygens (including phenoxy) is 2. The summed E-state index contributed by atoms with van der Waals surface area (Å²) in [5, 5.41) is 31.7. The third-order valence-electron chi connectivity index (χ3n) is 10.0. The third-order valence-corrected chi connectivity index (χ3v) is 12.0. The first kappa shape index (κ1) is 57.1. The summed E-state index contributed by atoms with van der Waals surface area (Å²) in [4.78, 5) is 72.9. The largest absolute Gasteiger partial charge is 0.472 e. The Morgan fingerprint density at radius 3 is 1.25 bits per heavy atom. The molecule has 1 rings (SSSR count). The number of esters is 2. The molecule has 0 aromatic heterocycles. The highest BCUT2D eigenvalue weighted by molar-refractivity contribution is 7.47. The lowest BCUT2D eigenvalue weighted by atomic mass is 9.85. The predicted octanol–water partition coefficient (Wildman–Crippen LogP) is 5.34. The maximum atomic E-state index is 13.1. The first-order valence-corrected chi connectivity index (χ1v) is 26.1. The summed E-state index contributed by atoms with van der Waals surface area (Å²) < 4.78 is 65.2. The normalized spacial score (nSPS) is 22.6. The molecule has 23 heteroatoms. The van der Waals surface area contributed by atoms with Crippen LogP contribution in [0.2, 0.25) is 0 Å². The van der Waals surface area contributed by atoms with E-state index in [9.17, 15) is 63.1 Å². The molecule has 4 unspecified atom stereocenters. The van der Waals surface area contributed by atoms with E-state index in [0.29, 0.717) is 19.4 Å². The minimum Gasteiger partial charge on any atom is -0.462 e. The van der Waals surface area contributed by atoms with Gasteiger partial charge in [0.1, 0.15) is 43.2 Å². The van der Waals surface area contributed by atoms with Gasteiger partial charge in [-0.3, -0.25) is 27.7 Å². The Hall–Kier alpha value is -0.890. The summed E-state index contributed by atoms with van der Waals surface area (Å²) >= 11 is 0. The Morgan fingerprint density at radius 1 is 0.517 bits per heavy atom. The quantitative estimate of drug-likeness (QED) is 0.0216. The lowest BCUT2D eigenvalue weighted by molar-refractivity contribution is -0.213. The van der Waals surface area contributed by atoms with Crippen LogP contribution in [0.4, 0.5) is 0 Å². The molecule has 0 saturated heterocycles. The molecule has 356 valence electrons. The van der Waals surface area contributed by atoms with Gasteiger partial charge in [-0.1, -0.05) is 129 Å². The van der Waals surface area contributed by atoms with Gasteiger partial charge in [0, 0.05) is 12.8 Å². The summed E-state index contributed by atoms with van der Waals surface area (Å²) in [6.07, 6.45) is 6.72. The fourth-order valence-electron chi connectivity index (χ4n) is 6.78. The van der Waals surface area contributed by atoms with Gasteiger partial charge in [-0.25, -0.2) is 13.7 Å². The molecular weight excluding hydrogens is 855 g/mol. The van der Waals surface area contributed by atoms with E-state index in [2.05, 4.69) is 16.0 Å². The average Bonchev–Trinajstić information content (AvgIpc) is 3.16. The van der Waals surface area contributed by atoms with Crippen LogP contribution in [0.15, 0.2) is 0 Å². The van der Waals surface area contributed by atoms with Crippen LogP contribution < -0.4 is 5.73 Å². The van der Waals surface area contributed by atoms with Gasteiger partial charge in [-0.2, -0.15) is 0 Å². The second-order valence-electron chi connectivity index (χ2n) is 15.4. The van der Waals surface area contributed by atoms with E-state index >= 15 is 0 Å². The summed E-state index contributed by atoms with van der Waals surface area (Å²) in [5.74, 6) is -1.32. The molecule has 1 aliphatic rings. The summed E-state index contributed by atoms with van der Waals surface area (Å²) in [6, 6.07) is 0. The molecule has 0 heterocycles. The smallest absolute Gasteiger partial charge is 0.462 e. The Bertz CT molecular complexity index is 1260. The van der Waals surface area contributed by atoms with Crippen molar-refractivity contribution in [1.82, 2.24) is 0 Å². The number of hydrogen-bond donors (Lipinski definition) is 9. The maximum Gasteiger partial charge on any atom is 0.472 e. The number of nitrogens with two attached hydrogens (primary N) is 1. The van der Waals surface area contributed by atoms with Gasteiger partial charge >= 0.3 is 35.4 Å². The van der Waals surface area contributed by atoms with Crippen LogP contribution in [-0.2, 0) is 50.9 Å². The second kappa shape index (κ2) is 31.9. The van der Waals surface area contributed by atoms with Gasteiger partial charge in [0.25, 0.3) is 0 Å². The molecule has 0 bridgehead atoms. The number of phosphoric ester groups is 3. The molecule has 0 aliphatic heterocycles. The van der Waals surface area contributed by atoms with Gasteiger partial charge in [-0.15, -0.1) is 0 Å². The summed E-state index contributed by atoms with van der Waals surface area (Å²) in [5.41, 5.74) is 5.52. The van der Waals surface area contributed by atoms with E-state index < -0.39 is 91.3 Å². The van der Waals surface area contributed by atoms with Crippen molar-refractivity contribution in [3.8, 4) is 0 Å². The van der Waals surface area contributed by atoms with Gasteiger partial charge in [-0.05, 0) is 25.8 Å². The number of rotatable bonds is 37. The molecule has 1 aliphatic carbocycles. The number of aliphatic hydroxyl groups is 3. The minimum atomic E-state index is -5.54. The lowest BCUT2D eigenvalue weighted by Gasteiger charge is -2.44. The standard InChI is InChI=1S/C37H74NO19P3/c1-2-3-4-5-6-7-8-9-10-12-16-19-22-25-31(40)54-29(27-52-30(39)24-21-18-15-13-11-14-17-20-23-26-38)28-53-60(50,51)57-37-33(42)35(55-58(44,45)46)32(41)36(34(37)43)56-59(47,48)49/h29,32-37,41-43H,2-28,38H2,1H3,(H,50,51)(H2,44,45,46)(H2,47,48,49)/t29-,32?,33+,34?,35+,36-,37?/m1/s1. The SMILES string of the molecule is CCCCCCCCCCCCCCCC(=O)O[C@H](COC(=O)CCCCCCCCCCCN)COP(=O)(O)OC1C(O)[C@H](OP(=O)(O)O)C(O)[C@H](OP(=O)(O)O)[C@@H]1O. The highest BCUT2D eigenvalue weighted by Gasteiger charge is 2.56. The van der Waals surface area contributed by atoms with Gasteiger partial charge in [0.15, 0.2) is 6.10 Å². The molecular formula is C37H74NO19P3. The van der Waals surface area contributed by atoms with E-state index in [0.717, 1.165) is 83.5 Å². The van der Waals surface area contributed by atoms with E-state index in [1.807, 2.05) is 0 Å². The molecule has 10 N–H and O–H groups in total. The van der Waals surface area contributed by atoms with Crippen molar-refractivity contribution >= 4 is 35.4 Å². The molecule has 1 fully saturated rings. The number of phosphoric acid groups is 3. The van der Waals surface area contributed by atoms with Crippen LogP contribution in [-0.4, -0.2) is 114 Å². The number of hydrogen-bond acceptors (Lipinski definition) is 15. The van der Waals surface area contributed by atoms with Crippen LogP contribution in [0.25, 0.3) is 0 Å². The number of carbonyl (C=O) groups excluding carboxylic acids is 2. The van der Waals surface area contributed by atoms with Gasteiger partial charge < -0.3 is 55.0 Å². The topological polar surface area (TPSA) is 329 Å². The molecule has 0 spiro atoms. The first-order valence-electron chi connectivity index (χ1n) is 21.5. The van der Waals surface area contributed by atoms with Gasteiger partial charge in [0.05, 0.1) is 6.61 Å². The molecule has 60 heavy (non-hydrogen) atoms. The van der Waals surface area contributed by atoms with Crippen molar-refractivity contribution in [2.75, 3.05) is 19.8 Å². The molecule has 0 aromatic carbocycles. The van der Waals surface area contributed by atoms with Crippen molar-refractivity contribution in [2.24, 2.45) is 5.73 Å². The lowest BCUT2D eigenvalue weighted by Crippen LogP contribution is -2.65. The highest BCUT2D eigenvalue weighted by atomic mass is 31.2. The molecule has 1 saturated carbocycles. The Morgan fingerprint density at radius 2 is 0.867 bits per heavy atom. The van der Waals surface area contributed by atoms with E-state index in [-0.39, 0.29) is 12.8 Å². The molecule has 0 radical (unpaired) electrons. The zero-order valence-corrected chi connectivity index (χ0v) is 37.8. The second-order valence-corrected chi connectivity index (χ2v) is 19.2. The Kier molecular flexibility index (Phi) is 30.3. The van der Waals surface area contributed by atoms with Crippen molar-refractivity contribution < 1.29 is 90.6 Å². The Labute approximate surface area is 354 Å². The monoisotopic (exact) mass is 929 g/mol. The van der Waals surface area contributed by atoms with Crippen LogP contribution in [0, 0.1) is 0 Å². The van der Waals surface area contributed by atoms with Crippen molar-refractivity contribution in [2.45, 2.75) is 204 Å². The fraction of sp³-hybridized carbons (Fsp3) is 0.946. The van der Waals surface area contributed by atoms with E-state index in [1.54, 1.807) is 0 Å².